The van der Waals surface area contributed by atoms with E-state index < -0.39 is 0 Å². The van der Waals surface area contributed by atoms with E-state index in [0.29, 0.717) is 22.8 Å². The minimum Gasteiger partial charge on any atom is -0.493 e. The monoisotopic (exact) mass is 407 g/mol. The van der Waals surface area contributed by atoms with Gasteiger partial charge >= 0.3 is 0 Å². The number of hydrogen-bond donors (Lipinski definition) is 0. The van der Waals surface area contributed by atoms with Crippen LogP contribution in [0.3, 0.4) is 0 Å². The second-order valence-electron chi connectivity index (χ2n) is 7.94. The third-order valence-electron chi connectivity index (χ3n) is 6.52. The highest BCUT2D eigenvalue weighted by molar-refractivity contribution is 6.00. The maximum absolute atomic E-state index is 13.4. The summed E-state index contributed by atoms with van der Waals surface area (Å²) in [4.78, 5) is 13.4. The van der Waals surface area contributed by atoms with Gasteiger partial charge in [-0.1, -0.05) is 13.0 Å². The molecule has 0 saturated heterocycles. The molecule has 3 aromatic rings. The number of ketones is 1. The number of aryl methyl sites for hydroxylation is 2. The van der Waals surface area contributed by atoms with Crippen LogP contribution in [0.4, 0.5) is 0 Å². The summed E-state index contributed by atoms with van der Waals surface area (Å²) in [5.74, 6) is 1.87. The zero-order valence-electron chi connectivity index (χ0n) is 18.3. The first-order valence-corrected chi connectivity index (χ1v) is 10.4. The van der Waals surface area contributed by atoms with Crippen LogP contribution < -0.4 is 14.2 Å². The van der Waals surface area contributed by atoms with Crippen molar-refractivity contribution >= 4 is 16.7 Å². The van der Waals surface area contributed by atoms with Crippen molar-refractivity contribution in [3.8, 4) is 17.2 Å². The van der Waals surface area contributed by atoms with Crippen molar-refractivity contribution < 1.29 is 19.0 Å². The Labute approximate surface area is 177 Å². The molecular weight excluding hydrogens is 378 g/mol. The lowest BCUT2D eigenvalue weighted by molar-refractivity contribution is 0.0818. The fraction of sp³-hybridized carbons (Fsp3) is 0.400. The molecule has 1 fully saturated rings. The number of Topliss-reactive ketones (excluding diaryl/α,β-unsaturated/α-hetero) is 1. The molecule has 4 rings (SSSR count). The zero-order valence-corrected chi connectivity index (χ0v) is 18.3. The maximum Gasteiger partial charge on any atom is 0.203 e. The molecule has 0 spiro atoms. The molecule has 0 bridgehead atoms. The maximum atomic E-state index is 13.4. The van der Waals surface area contributed by atoms with E-state index >= 15 is 0 Å². The molecule has 0 radical (unpaired) electrons. The molecule has 1 aliphatic carbocycles. The molecule has 1 aliphatic rings. The predicted octanol–water partition coefficient (Wildman–Crippen LogP) is 5.14. The highest BCUT2D eigenvalue weighted by Gasteiger charge is 2.38. The summed E-state index contributed by atoms with van der Waals surface area (Å²) in [5.41, 5.74) is 4.41. The van der Waals surface area contributed by atoms with Crippen LogP contribution in [0.2, 0.25) is 0 Å². The van der Waals surface area contributed by atoms with Crippen molar-refractivity contribution in [1.82, 2.24) is 4.57 Å². The first kappa shape index (κ1) is 20.3. The lowest BCUT2D eigenvalue weighted by Crippen LogP contribution is -2.31. The molecule has 0 aliphatic heterocycles. The summed E-state index contributed by atoms with van der Waals surface area (Å²) < 4.78 is 18.5. The van der Waals surface area contributed by atoms with E-state index in [1.165, 1.54) is 22.2 Å². The van der Waals surface area contributed by atoms with Gasteiger partial charge in [0, 0.05) is 35.1 Å². The molecule has 5 heteroatoms. The van der Waals surface area contributed by atoms with Crippen LogP contribution in [0.15, 0.2) is 36.4 Å². The van der Waals surface area contributed by atoms with E-state index in [1.807, 2.05) is 0 Å². The molecular formula is C25H29NO4. The van der Waals surface area contributed by atoms with E-state index in [9.17, 15) is 4.79 Å². The quantitative estimate of drug-likeness (QED) is 0.509. The number of fused-ring (bicyclic) bond motifs is 1. The average molecular weight is 408 g/mol. The Hall–Kier alpha value is -2.95. The van der Waals surface area contributed by atoms with Crippen molar-refractivity contribution in [2.24, 2.45) is 13.0 Å². The van der Waals surface area contributed by atoms with Crippen LogP contribution in [0.25, 0.3) is 10.9 Å². The van der Waals surface area contributed by atoms with Crippen LogP contribution in [0.1, 0.15) is 47.3 Å². The number of rotatable bonds is 7. The molecule has 1 saturated carbocycles. The lowest BCUT2D eigenvalue weighted by atomic mass is 9.67. The van der Waals surface area contributed by atoms with Gasteiger partial charge in [-0.3, -0.25) is 4.79 Å². The Balaban J connectivity index is 1.64. The normalized spacial score (nSPS) is 18.2. The standard InChI is InChI=1S/C25H29NO4/c1-6-18-12-16-11-15(7-10-21(16)26(18)2)19-8-9-20(19)24(27)17-13-22(28-3)25(30-5)23(14-17)29-4/h7,10-14,19-20H,6,8-9H2,1-5H3. The van der Waals surface area contributed by atoms with Crippen LogP contribution in [-0.2, 0) is 13.5 Å². The van der Waals surface area contributed by atoms with Gasteiger partial charge in [-0.2, -0.15) is 0 Å². The van der Waals surface area contributed by atoms with E-state index in [1.54, 1.807) is 33.5 Å². The zero-order chi connectivity index (χ0) is 21.4. The number of carbonyl (C=O) groups excluding carboxylic acids is 1. The third kappa shape index (κ3) is 3.22. The number of methoxy groups -OCH3 is 3. The predicted molar refractivity (Wildman–Crippen MR) is 118 cm³/mol. The smallest absolute Gasteiger partial charge is 0.203 e. The van der Waals surface area contributed by atoms with E-state index in [-0.39, 0.29) is 17.6 Å². The van der Waals surface area contributed by atoms with Gasteiger partial charge in [-0.25, -0.2) is 0 Å². The second-order valence-corrected chi connectivity index (χ2v) is 7.94. The topological polar surface area (TPSA) is 49.7 Å². The van der Waals surface area contributed by atoms with Gasteiger partial charge in [0.15, 0.2) is 17.3 Å². The van der Waals surface area contributed by atoms with Crippen LogP contribution >= 0.6 is 0 Å². The summed E-state index contributed by atoms with van der Waals surface area (Å²) in [6.45, 7) is 2.17. The molecule has 5 nitrogen and oxygen atoms in total. The summed E-state index contributed by atoms with van der Waals surface area (Å²) >= 11 is 0. The van der Waals surface area contributed by atoms with E-state index in [2.05, 4.69) is 42.8 Å². The Bertz CT molecular complexity index is 1070. The molecule has 158 valence electrons. The number of ether oxygens (including phenoxy) is 3. The molecule has 2 aromatic carbocycles. The van der Waals surface area contributed by atoms with Crippen molar-refractivity contribution in [2.45, 2.75) is 32.1 Å². The van der Waals surface area contributed by atoms with E-state index in [4.69, 9.17) is 14.2 Å². The molecule has 0 N–H and O–H groups in total. The van der Waals surface area contributed by atoms with Gasteiger partial charge in [0.05, 0.1) is 21.3 Å². The fourth-order valence-corrected chi connectivity index (χ4v) is 4.65. The summed E-state index contributed by atoms with van der Waals surface area (Å²) in [6.07, 6.45) is 2.93. The number of benzene rings is 2. The van der Waals surface area contributed by atoms with Crippen LogP contribution in [0.5, 0.6) is 17.2 Å². The summed E-state index contributed by atoms with van der Waals surface area (Å²) in [7, 11) is 6.81. The highest BCUT2D eigenvalue weighted by atomic mass is 16.5. The van der Waals surface area contributed by atoms with Crippen molar-refractivity contribution in [3.05, 3.63) is 53.2 Å². The van der Waals surface area contributed by atoms with Gasteiger partial charge in [0.2, 0.25) is 5.75 Å². The number of aromatic nitrogens is 1. The van der Waals surface area contributed by atoms with Crippen LogP contribution in [-0.4, -0.2) is 31.7 Å². The SMILES string of the molecule is CCc1cc2cc(C3CCC3C(=O)c3cc(OC)c(OC)c(OC)c3)ccc2n1C. The van der Waals surface area contributed by atoms with Gasteiger partial charge in [-0.15, -0.1) is 0 Å². The van der Waals surface area contributed by atoms with Crippen molar-refractivity contribution in [2.75, 3.05) is 21.3 Å². The lowest BCUT2D eigenvalue weighted by Gasteiger charge is -2.36. The Kier molecular flexibility index (Phi) is 5.46. The number of carbonyl (C=O) groups is 1. The molecule has 2 unspecified atom stereocenters. The Morgan fingerprint density at radius 3 is 2.23 bits per heavy atom. The van der Waals surface area contributed by atoms with Gasteiger partial charge in [-0.05, 0) is 61.1 Å². The van der Waals surface area contributed by atoms with Gasteiger partial charge in [0.1, 0.15) is 0 Å². The van der Waals surface area contributed by atoms with Gasteiger partial charge < -0.3 is 18.8 Å². The highest BCUT2D eigenvalue weighted by Crippen LogP contribution is 2.46. The molecule has 30 heavy (non-hydrogen) atoms. The first-order chi connectivity index (χ1) is 14.5. The van der Waals surface area contributed by atoms with E-state index in [0.717, 1.165) is 19.3 Å². The summed E-state index contributed by atoms with van der Waals surface area (Å²) in [5, 5.41) is 1.25. The minimum atomic E-state index is -0.0281. The number of nitrogens with zero attached hydrogens (tertiary/aromatic N) is 1. The molecule has 0 amide bonds. The van der Waals surface area contributed by atoms with Crippen molar-refractivity contribution in [1.29, 1.82) is 0 Å². The Morgan fingerprint density at radius 1 is 1.00 bits per heavy atom. The third-order valence-corrected chi connectivity index (χ3v) is 6.52. The Morgan fingerprint density at radius 2 is 1.70 bits per heavy atom. The average Bonchev–Trinajstić information content (AvgIpc) is 3.06. The first-order valence-electron chi connectivity index (χ1n) is 10.4. The molecule has 1 heterocycles. The number of hydrogen-bond acceptors (Lipinski definition) is 4. The van der Waals surface area contributed by atoms with Crippen LogP contribution in [0, 0.1) is 5.92 Å². The summed E-state index contributed by atoms with van der Waals surface area (Å²) in [6, 6.07) is 12.4. The second kappa shape index (κ2) is 8.05. The largest absolute Gasteiger partial charge is 0.493 e. The fourth-order valence-electron chi connectivity index (χ4n) is 4.65. The van der Waals surface area contributed by atoms with Gasteiger partial charge in [0.25, 0.3) is 0 Å². The minimum absolute atomic E-state index is 0.0281. The molecule has 1 aromatic heterocycles. The molecule has 2 atom stereocenters. The van der Waals surface area contributed by atoms with Crippen molar-refractivity contribution in [3.63, 3.8) is 0 Å².